The van der Waals surface area contributed by atoms with E-state index < -0.39 is 8.07 Å². The second-order valence-electron chi connectivity index (χ2n) is 14.7. The van der Waals surface area contributed by atoms with Gasteiger partial charge in [-0.05, 0) is 81.3 Å². The summed E-state index contributed by atoms with van der Waals surface area (Å²) in [6, 6.07) is 56.3. The quantitative estimate of drug-likeness (QED) is 0.232. The average molecular weight is 632 g/mol. The van der Waals surface area contributed by atoms with Crippen molar-refractivity contribution in [1.82, 2.24) is 4.57 Å². The Morgan fingerprint density at radius 2 is 1.21 bits per heavy atom. The fourth-order valence-corrected chi connectivity index (χ4v) is 15.3. The molecule has 0 N–H and O–H groups in total. The summed E-state index contributed by atoms with van der Waals surface area (Å²) in [6.07, 6.45) is 4.83. The van der Waals surface area contributed by atoms with Gasteiger partial charge in [-0.3, -0.25) is 0 Å². The van der Waals surface area contributed by atoms with Crippen molar-refractivity contribution in [1.29, 1.82) is 0 Å². The Kier molecular flexibility index (Phi) is 6.06. The summed E-state index contributed by atoms with van der Waals surface area (Å²) in [4.78, 5) is 0. The molecule has 1 aromatic heterocycles. The zero-order chi connectivity index (χ0) is 32.0. The predicted molar refractivity (Wildman–Crippen MR) is 207 cm³/mol. The van der Waals surface area contributed by atoms with E-state index in [9.17, 15) is 0 Å². The van der Waals surface area contributed by atoms with Gasteiger partial charge in [-0.1, -0.05) is 158 Å². The lowest BCUT2D eigenvalue weighted by Gasteiger charge is -2.48. The van der Waals surface area contributed by atoms with Crippen LogP contribution in [-0.2, 0) is 18.3 Å². The van der Waals surface area contributed by atoms with Gasteiger partial charge in [0.1, 0.15) is 0 Å². The summed E-state index contributed by atoms with van der Waals surface area (Å²) in [5.41, 5.74) is 13.0. The summed E-state index contributed by atoms with van der Waals surface area (Å²) in [5, 5.41) is 7.42. The fraction of sp³-hybridized carbons (Fsp3) is 0.156. The maximum absolute atomic E-state index is 2.78. The van der Waals surface area contributed by atoms with Crippen molar-refractivity contribution in [3.05, 3.63) is 168 Å². The van der Waals surface area contributed by atoms with Gasteiger partial charge in [0.2, 0.25) is 6.71 Å². The molecule has 230 valence electrons. The van der Waals surface area contributed by atoms with Crippen molar-refractivity contribution < 1.29 is 0 Å². The van der Waals surface area contributed by atoms with Crippen LogP contribution in [0.4, 0.5) is 0 Å². The van der Waals surface area contributed by atoms with Crippen LogP contribution in [0.1, 0.15) is 49.1 Å². The highest BCUT2D eigenvalue weighted by Crippen LogP contribution is 2.38. The number of aromatic nitrogens is 1. The normalized spacial score (nSPS) is 16.5. The van der Waals surface area contributed by atoms with Gasteiger partial charge in [0, 0.05) is 22.2 Å². The minimum absolute atomic E-state index is 0.157. The van der Waals surface area contributed by atoms with Gasteiger partial charge >= 0.3 is 0 Å². The molecule has 1 nitrogen and oxygen atoms in total. The highest BCUT2D eigenvalue weighted by molar-refractivity contribution is 7.26. The molecule has 0 amide bonds. The topological polar surface area (TPSA) is 4.93 Å². The van der Waals surface area contributed by atoms with Crippen LogP contribution in [0.15, 0.2) is 146 Å². The zero-order valence-electron chi connectivity index (χ0n) is 27.7. The maximum atomic E-state index is 2.67. The first kappa shape index (κ1) is 28.2. The van der Waals surface area contributed by atoms with E-state index in [0.717, 1.165) is 6.42 Å². The van der Waals surface area contributed by atoms with Crippen molar-refractivity contribution in [2.45, 2.75) is 44.9 Å². The molecule has 1 aliphatic carbocycles. The molecule has 0 unspecified atom stereocenters. The van der Waals surface area contributed by atoms with Crippen LogP contribution in [0.5, 0.6) is 0 Å². The molecule has 2 aliphatic heterocycles. The molecule has 10 rings (SSSR count). The van der Waals surface area contributed by atoms with Crippen molar-refractivity contribution in [3.8, 4) is 5.69 Å². The number of rotatable bonds is 3. The van der Waals surface area contributed by atoms with Gasteiger partial charge in [-0.15, -0.1) is 0 Å². The molecule has 3 heteroatoms. The number of hydrogen-bond acceptors (Lipinski definition) is 0. The fourth-order valence-electron chi connectivity index (χ4n) is 10.0. The third-order valence-electron chi connectivity index (χ3n) is 12.0. The predicted octanol–water partition coefficient (Wildman–Crippen LogP) is 5.36. The zero-order valence-corrected chi connectivity index (χ0v) is 28.7. The van der Waals surface area contributed by atoms with Gasteiger partial charge in [-0.25, -0.2) is 0 Å². The van der Waals surface area contributed by atoms with Gasteiger partial charge in [0.15, 0.2) is 8.07 Å². The first-order chi connectivity index (χ1) is 23.6. The van der Waals surface area contributed by atoms with Crippen molar-refractivity contribution in [2.24, 2.45) is 0 Å². The van der Waals surface area contributed by atoms with E-state index in [1.165, 1.54) is 79.2 Å². The lowest BCUT2D eigenvalue weighted by atomic mass is 9.31. The SMILES string of the molecule is CC1(C)c2ccccc2B2c3ccccc3[Si](c3ccccc3)(c3ccccc3)c3cc(-n4c5c(c6ccccc64)CCCC5)cc1c32. The largest absolute Gasteiger partial charge is 0.313 e. The summed E-state index contributed by atoms with van der Waals surface area (Å²) in [7, 11) is -2.78. The van der Waals surface area contributed by atoms with E-state index in [0.29, 0.717) is 0 Å². The smallest absolute Gasteiger partial charge is 0.241 e. The summed E-state index contributed by atoms with van der Waals surface area (Å²) < 4.78 is 2.67. The molecule has 48 heavy (non-hydrogen) atoms. The van der Waals surface area contributed by atoms with E-state index in [1.54, 1.807) is 16.2 Å². The van der Waals surface area contributed by atoms with Crippen LogP contribution in [0.25, 0.3) is 16.6 Å². The van der Waals surface area contributed by atoms with Crippen molar-refractivity contribution >= 4 is 62.8 Å². The van der Waals surface area contributed by atoms with Gasteiger partial charge in [0.25, 0.3) is 0 Å². The minimum Gasteiger partial charge on any atom is -0.313 e. The number of aryl methyl sites for hydroxylation is 1. The Hall–Kier alpha value is -4.86. The molecule has 0 radical (unpaired) electrons. The summed E-state index contributed by atoms with van der Waals surface area (Å²) >= 11 is 0. The third-order valence-corrected chi connectivity index (χ3v) is 16.9. The molecule has 0 atom stereocenters. The van der Waals surface area contributed by atoms with Crippen LogP contribution in [0.3, 0.4) is 0 Å². The van der Waals surface area contributed by atoms with E-state index in [4.69, 9.17) is 0 Å². The number of benzene rings is 6. The Morgan fingerprint density at radius 1 is 0.583 bits per heavy atom. The second-order valence-corrected chi connectivity index (χ2v) is 18.4. The van der Waals surface area contributed by atoms with Gasteiger partial charge < -0.3 is 4.57 Å². The molecule has 0 fully saturated rings. The van der Waals surface area contributed by atoms with Crippen LogP contribution in [0.2, 0.25) is 0 Å². The monoisotopic (exact) mass is 631 g/mol. The molecular weight excluding hydrogens is 593 g/mol. The maximum Gasteiger partial charge on any atom is 0.241 e. The molecule has 6 aromatic carbocycles. The molecule has 0 saturated heterocycles. The summed E-state index contributed by atoms with van der Waals surface area (Å²) in [5.74, 6) is 0. The third kappa shape index (κ3) is 3.63. The van der Waals surface area contributed by atoms with E-state index in [-0.39, 0.29) is 12.1 Å². The minimum atomic E-state index is -2.78. The van der Waals surface area contributed by atoms with Crippen LogP contribution < -0.4 is 37.1 Å². The van der Waals surface area contributed by atoms with Gasteiger partial charge in [-0.2, -0.15) is 0 Å². The average Bonchev–Trinajstić information content (AvgIpc) is 3.48. The van der Waals surface area contributed by atoms with Crippen LogP contribution >= 0.6 is 0 Å². The number of hydrogen-bond donors (Lipinski definition) is 0. The molecule has 0 spiro atoms. The first-order valence-corrected chi connectivity index (χ1v) is 19.7. The molecule has 0 bridgehead atoms. The highest BCUT2D eigenvalue weighted by Gasteiger charge is 2.54. The highest BCUT2D eigenvalue weighted by atomic mass is 28.3. The van der Waals surface area contributed by atoms with Crippen LogP contribution in [-0.4, -0.2) is 19.4 Å². The number of para-hydroxylation sites is 1. The Labute approximate surface area is 285 Å². The molecular formula is C45H38BNSi. The summed E-state index contributed by atoms with van der Waals surface area (Å²) in [6.45, 7) is 5.15. The standard InChI is InChI=1S/C45H38BNSi/c1-45(2)36-23-11-12-24-38(36)46-39-25-13-16-28-42(39)48(32-17-5-3-6-18-32,33-19-7-4-8-20-33)43-30-31(29-37(45)44(43)46)47-40-26-14-9-21-34(40)35-22-10-15-27-41(35)47/h3-9,11-14,16-21,23-26,28-30H,10,15,22,27H2,1-2H3. The lowest BCUT2D eigenvalue weighted by Crippen LogP contribution is -2.88. The number of nitrogens with zero attached hydrogens (tertiary/aromatic N) is 1. The Bertz CT molecular complexity index is 2350. The molecule has 0 saturated carbocycles. The second kappa shape index (κ2) is 10.3. The molecule has 7 aromatic rings. The van der Waals surface area contributed by atoms with Gasteiger partial charge in [0.05, 0.1) is 5.52 Å². The van der Waals surface area contributed by atoms with Crippen molar-refractivity contribution in [2.75, 3.05) is 0 Å². The van der Waals surface area contributed by atoms with Crippen LogP contribution in [0, 0.1) is 0 Å². The van der Waals surface area contributed by atoms with E-state index in [2.05, 4.69) is 164 Å². The Balaban J connectivity index is 1.42. The first-order valence-electron chi connectivity index (χ1n) is 17.7. The Morgan fingerprint density at radius 3 is 1.98 bits per heavy atom. The van der Waals surface area contributed by atoms with Crippen molar-refractivity contribution in [3.63, 3.8) is 0 Å². The molecule has 3 heterocycles. The van der Waals surface area contributed by atoms with E-state index in [1.807, 2.05) is 0 Å². The van der Waals surface area contributed by atoms with E-state index >= 15 is 0 Å². The number of fused-ring (bicyclic) bond motifs is 7. The lowest BCUT2D eigenvalue weighted by molar-refractivity contribution is 0.644. The molecule has 3 aliphatic rings.